The molecule has 2 atom stereocenters. The van der Waals surface area contributed by atoms with Crippen molar-refractivity contribution < 1.29 is 14.3 Å². The van der Waals surface area contributed by atoms with Gasteiger partial charge in [-0.15, -0.1) is 0 Å². The molecule has 0 bridgehead atoms. The van der Waals surface area contributed by atoms with Crippen LogP contribution in [0.4, 0.5) is 0 Å². The van der Waals surface area contributed by atoms with Crippen LogP contribution in [0, 0.1) is 0 Å². The number of benzene rings is 3. The van der Waals surface area contributed by atoms with Crippen LogP contribution in [-0.2, 0) is 19.9 Å². The summed E-state index contributed by atoms with van der Waals surface area (Å²) in [7, 11) is 0. The molecule has 2 unspecified atom stereocenters. The molecule has 1 N–H and O–H groups in total. The van der Waals surface area contributed by atoms with Crippen molar-refractivity contribution in [2.45, 2.75) is 141 Å². The number of carbonyl (C=O) groups is 1. The van der Waals surface area contributed by atoms with Crippen LogP contribution < -0.4 is 5.32 Å². The zero-order chi connectivity index (χ0) is 32.7. The van der Waals surface area contributed by atoms with E-state index in [4.69, 9.17) is 9.47 Å². The Morgan fingerprint density at radius 3 is 1.33 bits per heavy atom. The van der Waals surface area contributed by atoms with Gasteiger partial charge in [0.25, 0.3) is 0 Å². The molecule has 4 nitrogen and oxygen atoms in total. The fraction of sp³-hybridized carbons (Fsp3) is 0.548. The molecule has 3 aromatic carbocycles. The van der Waals surface area contributed by atoms with E-state index in [1.165, 1.54) is 83.5 Å². The first kappa shape index (κ1) is 37.5. The molecule has 1 amide bonds. The normalized spacial score (nSPS) is 12.9. The van der Waals surface area contributed by atoms with Crippen molar-refractivity contribution in [2.75, 3.05) is 6.61 Å². The lowest BCUT2D eigenvalue weighted by Crippen LogP contribution is -2.50. The van der Waals surface area contributed by atoms with E-state index >= 15 is 0 Å². The number of rotatable bonds is 25. The Morgan fingerprint density at radius 1 is 0.587 bits per heavy atom. The number of amides is 1. The number of unbranched alkanes of at least 4 members (excludes halogenated alkanes) is 14. The van der Waals surface area contributed by atoms with Crippen LogP contribution >= 0.6 is 0 Å². The zero-order valence-electron chi connectivity index (χ0n) is 29.1. The number of nitrogens with one attached hydrogen (secondary N) is 1. The summed E-state index contributed by atoms with van der Waals surface area (Å²) in [5.41, 5.74) is 2.05. The second kappa shape index (κ2) is 22.6. The van der Waals surface area contributed by atoms with Gasteiger partial charge in [-0.3, -0.25) is 4.79 Å². The van der Waals surface area contributed by atoms with Gasteiger partial charge >= 0.3 is 0 Å². The van der Waals surface area contributed by atoms with Gasteiger partial charge in [-0.25, -0.2) is 0 Å². The van der Waals surface area contributed by atoms with Gasteiger partial charge in [0.2, 0.25) is 5.91 Å². The molecular formula is C42H61NO3. The smallest absolute Gasteiger partial charge is 0.222 e. The highest BCUT2D eigenvalue weighted by Crippen LogP contribution is 2.41. The van der Waals surface area contributed by atoms with Crippen LogP contribution in [0.3, 0.4) is 0 Å². The number of ether oxygens (including phenoxy) is 2. The SMILES string of the molecule is CCCCCCCCCCCCCCCCCC(=O)NC(OC(c1ccccc1)(c1ccccc1)c1ccccc1)C(C)OCC. The second-order valence-corrected chi connectivity index (χ2v) is 12.7. The molecule has 0 spiro atoms. The summed E-state index contributed by atoms with van der Waals surface area (Å²) >= 11 is 0. The average Bonchev–Trinajstić information content (AvgIpc) is 3.09. The van der Waals surface area contributed by atoms with E-state index in [-0.39, 0.29) is 12.0 Å². The first-order valence-corrected chi connectivity index (χ1v) is 18.4. The van der Waals surface area contributed by atoms with E-state index in [9.17, 15) is 4.79 Å². The van der Waals surface area contributed by atoms with Crippen LogP contribution in [0.1, 0.15) is 140 Å². The van der Waals surface area contributed by atoms with Gasteiger partial charge in [-0.2, -0.15) is 0 Å². The highest BCUT2D eigenvalue weighted by atomic mass is 16.6. The van der Waals surface area contributed by atoms with Crippen LogP contribution in [0.15, 0.2) is 91.0 Å². The first-order valence-electron chi connectivity index (χ1n) is 18.4. The minimum Gasteiger partial charge on any atom is -0.374 e. The maximum absolute atomic E-state index is 13.3. The van der Waals surface area contributed by atoms with Crippen molar-refractivity contribution in [3.8, 4) is 0 Å². The summed E-state index contributed by atoms with van der Waals surface area (Å²) in [5.74, 6) is 0.00864. The molecule has 0 heterocycles. The van der Waals surface area contributed by atoms with Crippen molar-refractivity contribution in [3.63, 3.8) is 0 Å². The third-order valence-electron chi connectivity index (χ3n) is 9.01. The molecule has 46 heavy (non-hydrogen) atoms. The molecular weight excluding hydrogens is 566 g/mol. The van der Waals surface area contributed by atoms with Crippen molar-refractivity contribution in [1.82, 2.24) is 5.32 Å². The molecule has 0 aliphatic carbocycles. The van der Waals surface area contributed by atoms with Crippen LogP contribution in [0.5, 0.6) is 0 Å². The maximum Gasteiger partial charge on any atom is 0.222 e. The third-order valence-corrected chi connectivity index (χ3v) is 9.01. The second-order valence-electron chi connectivity index (χ2n) is 12.7. The molecule has 0 aromatic heterocycles. The molecule has 3 aromatic rings. The quantitative estimate of drug-likeness (QED) is 0.0577. The van der Waals surface area contributed by atoms with E-state index in [0.717, 1.165) is 29.5 Å². The summed E-state index contributed by atoms with van der Waals surface area (Å²) in [5, 5.41) is 3.23. The zero-order valence-corrected chi connectivity index (χ0v) is 29.1. The average molecular weight is 628 g/mol. The van der Waals surface area contributed by atoms with Gasteiger partial charge in [0.05, 0.1) is 6.10 Å². The number of hydrogen-bond donors (Lipinski definition) is 1. The third kappa shape index (κ3) is 12.7. The Kier molecular flexibility index (Phi) is 18.4. The Balaban J connectivity index is 1.54. The van der Waals surface area contributed by atoms with Gasteiger partial charge in [-0.05, 0) is 37.0 Å². The minimum absolute atomic E-state index is 0.00864. The lowest BCUT2D eigenvalue weighted by atomic mass is 9.80. The Hall–Kier alpha value is -2.95. The van der Waals surface area contributed by atoms with Gasteiger partial charge in [0.15, 0.2) is 6.23 Å². The standard InChI is InChI=1S/C42H61NO3/c1-4-6-7-8-9-10-11-12-13-14-15-16-17-18-28-35-40(44)43-41(36(3)45-5-2)46-42(37-29-22-19-23-30-37,38-31-24-20-25-32-38)39-33-26-21-27-34-39/h19-27,29-34,36,41H,4-18,28,35H2,1-3H3,(H,43,44). The highest BCUT2D eigenvalue weighted by molar-refractivity contribution is 5.76. The van der Waals surface area contributed by atoms with Crippen molar-refractivity contribution in [2.24, 2.45) is 0 Å². The Labute approximate surface area is 280 Å². The topological polar surface area (TPSA) is 47.6 Å². The molecule has 252 valence electrons. The fourth-order valence-corrected chi connectivity index (χ4v) is 6.39. The lowest BCUT2D eigenvalue weighted by Gasteiger charge is -2.40. The van der Waals surface area contributed by atoms with Gasteiger partial charge in [0, 0.05) is 13.0 Å². The molecule has 3 rings (SSSR count). The van der Waals surface area contributed by atoms with E-state index in [1.807, 2.05) is 68.4 Å². The summed E-state index contributed by atoms with van der Waals surface area (Å²) in [6, 6.07) is 30.9. The molecule has 0 saturated heterocycles. The monoisotopic (exact) mass is 627 g/mol. The number of carbonyl (C=O) groups excluding carboxylic acids is 1. The molecule has 0 radical (unpaired) electrons. The van der Waals surface area contributed by atoms with Crippen LogP contribution in [-0.4, -0.2) is 24.8 Å². The van der Waals surface area contributed by atoms with E-state index in [0.29, 0.717) is 13.0 Å². The molecule has 4 heteroatoms. The Morgan fingerprint density at radius 2 is 0.957 bits per heavy atom. The summed E-state index contributed by atoms with van der Waals surface area (Å²) in [4.78, 5) is 13.3. The van der Waals surface area contributed by atoms with E-state index < -0.39 is 11.8 Å². The van der Waals surface area contributed by atoms with Crippen molar-refractivity contribution in [1.29, 1.82) is 0 Å². The van der Waals surface area contributed by atoms with Crippen molar-refractivity contribution >= 4 is 5.91 Å². The van der Waals surface area contributed by atoms with E-state index in [2.05, 4.69) is 48.6 Å². The van der Waals surface area contributed by atoms with Crippen molar-refractivity contribution in [3.05, 3.63) is 108 Å². The van der Waals surface area contributed by atoms with E-state index in [1.54, 1.807) is 0 Å². The number of hydrogen-bond acceptors (Lipinski definition) is 3. The van der Waals surface area contributed by atoms with Gasteiger partial charge < -0.3 is 14.8 Å². The Bertz CT molecular complexity index is 1070. The summed E-state index contributed by atoms with van der Waals surface area (Å²) < 4.78 is 13.2. The minimum atomic E-state index is -0.943. The fourth-order valence-electron chi connectivity index (χ4n) is 6.39. The molecule has 0 saturated carbocycles. The molecule has 0 fully saturated rings. The van der Waals surface area contributed by atoms with Gasteiger partial charge in [0.1, 0.15) is 5.60 Å². The lowest BCUT2D eigenvalue weighted by molar-refractivity contribution is -0.147. The summed E-state index contributed by atoms with van der Waals surface area (Å²) in [6.45, 7) is 6.77. The molecule has 0 aliphatic heterocycles. The van der Waals surface area contributed by atoms with Crippen LogP contribution in [0.25, 0.3) is 0 Å². The maximum atomic E-state index is 13.3. The highest BCUT2D eigenvalue weighted by Gasteiger charge is 2.41. The largest absolute Gasteiger partial charge is 0.374 e. The first-order chi connectivity index (χ1) is 22.6. The predicted molar refractivity (Wildman–Crippen MR) is 193 cm³/mol. The predicted octanol–water partition coefficient (Wildman–Crippen LogP) is 11.1. The van der Waals surface area contributed by atoms with Crippen LogP contribution in [0.2, 0.25) is 0 Å². The summed E-state index contributed by atoms with van der Waals surface area (Å²) in [6.07, 6.45) is 19.1. The molecule has 0 aliphatic rings. The van der Waals surface area contributed by atoms with Gasteiger partial charge in [-0.1, -0.05) is 188 Å².